The lowest BCUT2D eigenvalue weighted by Crippen LogP contribution is -2.29. The summed E-state index contributed by atoms with van der Waals surface area (Å²) in [6, 6.07) is 13.2. The van der Waals surface area contributed by atoms with Crippen LogP contribution in [0.3, 0.4) is 0 Å². The largest absolute Gasteiger partial charge is 0.322 e. The Kier molecular flexibility index (Phi) is 4.97. The van der Waals surface area contributed by atoms with Crippen molar-refractivity contribution < 1.29 is 14.5 Å². The third kappa shape index (κ3) is 3.50. The van der Waals surface area contributed by atoms with E-state index in [0.717, 1.165) is 17.7 Å². The summed E-state index contributed by atoms with van der Waals surface area (Å²) in [6.07, 6.45) is 3.86. The molecule has 0 fully saturated rings. The molecule has 0 saturated carbocycles. The fourth-order valence-electron chi connectivity index (χ4n) is 3.58. The maximum Gasteiger partial charge on any atom is 0.273 e. The van der Waals surface area contributed by atoms with Crippen molar-refractivity contribution in [1.82, 2.24) is 4.98 Å². The van der Waals surface area contributed by atoms with E-state index >= 15 is 0 Å². The van der Waals surface area contributed by atoms with Crippen LogP contribution >= 0.6 is 0 Å². The average Bonchev–Trinajstić information content (AvgIpc) is 3.17. The number of rotatable bonds is 4. The molecule has 0 radical (unpaired) electrons. The van der Waals surface area contributed by atoms with Crippen molar-refractivity contribution in [2.45, 2.75) is 13.3 Å². The molecule has 0 bridgehead atoms. The minimum Gasteiger partial charge on any atom is -0.322 e. The van der Waals surface area contributed by atoms with Gasteiger partial charge in [0.05, 0.1) is 10.5 Å². The van der Waals surface area contributed by atoms with Gasteiger partial charge < -0.3 is 10.2 Å². The van der Waals surface area contributed by atoms with Crippen LogP contribution in [-0.2, 0) is 6.42 Å². The Morgan fingerprint density at radius 1 is 1.17 bits per heavy atom. The van der Waals surface area contributed by atoms with Crippen molar-refractivity contribution in [1.29, 1.82) is 0 Å². The molecular formula is C22H18N4O4. The van der Waals surface area contributed by atoms with Gasteiger partial charge in [-0.25, -0.2) is 0 Å². The number of hydrogen-bond donors (Lipinski definition) is 1. The molecule has 1 aromatic heterocycles. The van der Waals surface area contributed by atoms with Gasteiger partial charge in [0, 0.05) is 47.5 Å². The molecule has 2 aromatic carbocycles. The molecule has 1 N–H and O–H groups in total. The average molecular weight is 402 g/mol. The maximum atomic E-state index is 12.8. The molecule has 4 rings (SSSR count). The SMILES string of the molecule is Cc1c(C(=O)Nc2ccc3c(c2)N(C(=O)c2cccnc2)CC3)cccc1[N+](=O)[O-]. The number of anilines is 2. The zero-order valence-electron chi connectivity index (χ0n) is 16.2. The molecule has 2 amide bonds. The maximum absolute atomic E-state index is 12.8. The van der Waals surface area contributed by atoms with E-state index < -0.39 is 10.8 Å². The van der Waals surface area contributed by atoms with E-state index in [1.54, 1.807) is 48.4 Å². The Bertz CT molecular complexity index is 1160. The summed E-state index contributed by atoms with van der Waals surface area (Å²) < 4.78 is 0. The Hall–Kier alpha value is -4.07. The summed E-state index contributed by atoms with van der Waals surface area (Å²) in [4.78, 5) is 41.9. The highest BCUT2D eigenvalue weighted by Gasteiger charge is 2.26. The molecule has 1 aliphatic rings. The third-order valence-electron chi connectivity index (χ3n) is 5.14. The van der Waals surface area contributed by atoms with E-state index in [0.29, 0.717) is 23.4 Å². The summed E-state index contributed by atoms with van der Waals surface area (Å²) >= 11 is 0. The minimum absolute atomic E-state index is 0.107. The molecule has 0 unspecified atom stereocenters. The van der Waals surface area contributed by atoms with Crippen LogP contribution in [0.1, 0.15) is 31.8 Å². The number of fused-ring (bicyclic) bond motifs is 1. The molecule has 0 aliphatic carbocycles. The monoisotopic (exact) mass is 402 g/mol. The molecule has 30 heavy (non-hydrogen) atoms. The number of nitrogens with one attached hydrogen (secondary N) is 1. The number of carbonyl (C=O) groups excluding carboxylic acids is 2. The van der Waals surface area contributed by atoms with Crippen molar-refractivity contribution in [3.8, 4) is 0 Å². The lowest BCUT2D eigenvalue weighted by molar-refractivity contribution is -0.385. The van der Waals surface area contributed by atoms with E-state index in [9.17, 15) is 19.7 Å². The fourth-order valence-corrected chi connectivity index (χ4v) is 3.58. The first-order valence-electron chi connectivity index (χ1n) is 9.36. The second kappa shape index (κ2) is 7.75. The van der Waals surface area contributed by atoms with E-state index in [4.69, 9.17) is 0 Å². The normalized spacial score (nSPS) is 12.4. The van der Waals surface area contributed by atoms with Crippen molar-refractivity contribution in [2.24, 2.45) is 0 Å². The second-order valence-electron chi connectivity index (χ2n) is 6.95. The van der Waals surface area contributed by atoms with Gasteiger partial charge >= 0.3 is 0 Å². The van der Waals surface area contributed by atoms with Gasteiger partial charge in [-0.15, -0.1) is 0 Å². The lowest BCUT2D eigenvalue weighted by Gasteiger charge is -2.18. The smallest absolute Gasteiger partial charge is 0.273 e. The number of pyridine rings is 1. The van der Waals surface area contributed by atoms with E-state index in [1.165, 1.54) is 18.3 Å². The highest BCUT2D eigenvalue weighted by atomic mass is 16.6. The molecule has 3 aromatic rings. The molecule has 0 saturated heterocycles. The molecular weight excluding hydrogens is 384 g/mol. The number of nitrogens with zero attached hydrogens (tertiary/aromatic N) is 3. The second-order valence-corrected chi connectivity index (χ2v) is 6.95. The standard InChI is InChI=1S/C22H18N4O4/c1-14-18(5-2-6-19(14)26(29)30)21(27)24-17-8-7-15-9-11-25(20(15)12-17)22(28)16-4-3-10-23-13-16/h2-8,10,12-13H,9,11H2,1H3,(H,24,27). The predicted octanol–water partition coefficient (Wildman–Crippen LogP) is 3.75. The highest BCUT2D eigenvalue weighted by Crippen LogP contribution is 2.32. The molecule has 2 heterocycles. The van der Waals surface area contributed by atoms with Gasteiger partial charge in [0.15, 0.2) is 0 Å². The van der Waals surface area contributed by atoms with Crippen LogP contribution in [-0.4, -0.2) is 28.3 Å². The molecule has 8 nitrogen and oxygen atoms in total. The summed E-state index contributed by atoms with van der Waals surface area (Å²) in [6.45, 7) is 2.09. The topological polar surface area (TPSA) is 105 Å². The van der Waals surface area contributed by atoms with E-state index in [1.807, 2.05) is 6.07 Å². The van der Waals surface area contributed by atoms with Crippen LogP contribution in [0.2, 0.25) is 0 Å². The van der Waals surface area contributed by atoms with Crippen LogP contribution in [0.15, 0.2) is 60.9 Å². The van der Waals surface area contributed by atoms with Crippen LogP contribution < -0.4 is 10.2 Å². The Labute approximate surface area is 172 Å². The Morgan fingerprint density at radius 2 is 2.00 bits per heavy atom. The Morgan fingerprint density at radius 3 is 2.73 bits per heavy atom. The zero-order valence-corrected chi connectivity index (χ0v) is 16.2. The minimum atomic E-state index is -0.510. The van der Waals surface area contributed by atoms with E-state index in [-0.39, 0.29) is 17.2 Å². The number of aromatic nitrogens is 1. The number of hydrogen-bond acceptors (Lipinski definition) is 5. The van der Waals surface area contributed by atoms with Gasteiger partial charge in [-0.2, -0.15) is 0 Å². The van der Waals surface area contributed by atoms with Crippen LogP contribution in [0.4, 0.5) is 17.1 Å². The van der Waals surface area contributed by atoms with E-state index in [2.05, 4.69) is 10.3 Å². The first-order chi connectivity index (χ1) is 14.5. The highest BCUT2D eigenvalue weighted by molar-refractivity contribution is 6.09. The number of nitro benzene ring substituents is 1. The molecule has 0 spiro atoms. The van der Waals surface area contributed by atoms with Gasteiger partial charge in [-0.1, -0.05) is 12.1 Å². The molecule has 0 atom stereocenters. The molecule has 150 valence electrons. The van der Waals surface area contributed by atoms with Crippen LogP contribution in [0, 0.1) is 17.0 Å². The van der Waals surface area contributed by atoms with Crippen molar-refractivity contribution in [3.05, 3.63) is 93.3 Å². The first-order valence-corrected chi connectivity index (χ1v) is 9.36. The predicted molar refractivity (Wildman–Crippen MR) is 112 cm³/mol. The number of benzene rings is 2. The summed E-state index contributed by atoms with van der Waals surface area (Å²) in [5.74, 6) is -0.598. The van der Waals surface area contributed by atoms with Gasteiger partial charge in [-0.3, -0.25) is 24.7 Å². The lowest BCUT2D eigenvalue weighted by atomic mass is 10.1. The fraction of sp³-hybridized carbons (Fsp3) is 0.136. The quantitative estimate of drug-likeness (QED) is 0.528. The third-order valence-corrected chi connectivity index (χ3v) is 5.14. The Balaban J connectivity index is 1.59. The summed E-state index contributed by atoms with van der Waals surface area (Å²) in [7, 11) is 0. The van der Waals surface area contributed by atoms with Gasteiger partial charge in [0.1, 0.15) is 0 Å². The number of amides is 2. The first kappa shape index (κ1) is 19.3. The number of nitro groups is 1. The van der Waals surface area contributed by atoms with Crippen LogP contribution in [0.5, 0.6) is 0 Å². The van der Waals surface area contributed by atoms with Gasteiger partial charge in [-0.05, 0) is 49.2 Å². The van der Waals surface area contributed by atoms with Crippen molar-refractivity contribution >= 4 is 28.9 Å². The molecule has 8 heteroatoms. The van der Waals surface area contributed by atoms with Crippen LogP contribution in [0.25, 0.3) is 0 Å². The zero-order chi connectivity index (χ0) is 21.3. The van der Waals surface area contributed by atoms with Gasteiger partial charge in [0.25, 0.3) is 17.5 Å². The summed E-state index contributed by atoms with van der Waals surface area (Å²) in [5.41, 5.74) is 3.17. The van der Waals surface area contributed by atoms with Crippen molar-refractivity contribution in [2.75, 3.05) is 16.8 Å². The molecule has 1 aliphatic heterocycles. The number of carbonyl (C=O) groups is 2. The van der Waals surface area contributed by atoms with Gasteiger partial charge in [0.2, 0.25) is 0 Å². The van der Waals surface area contributed by atoms with Crippen molar-refractivity contribution in [3.63, 3.8) is 0 Å². The summed E-state index contributed by atoms with van der Waals surface area (Å²) in [5, 5.41) is 13.9.